The van der Waals surface area contributed by atoms with Gasteiger partial charge in [-0.1, -0.05) is 38.1 Å². The summed E-state index contributed by atoms with van der Waals surface area (Å²) in [5.74, 6) is 1.53. The summed E-state index contributed by atoms with van der Waals surface area (Å²) in [7, 11) is 1.80. The highest BCUT2D eigenvalue weighted by Gasteiger charge is 2.03. The second kappa shape index (κ2) is 9.61. The number of para-hydroxylation sites is 1. The fraction of sp³-hybridized carbons (Fsp3) is 0.412. The minimum atomic E-state index is 0. The number of hydrogen-bond acceptors (Lipinski definition) is 2. The maximum absolute atomic E-state index is 4.47. The van der Waals surface area contributed by atoms with Gasteiger partial charge in [-0.15, -0.1) is 24.0 Å². The average molecular weight is 412 g/mol. The van der Waals surface area contributed by atoms with Gasteiger partial charge >= 0.3 is 0 Å². The fourth-order valence-electron chi connectivity index (χ4n) is 2.19. The van der Waals surface area contributed by atoms with Crippen molar-refractivity contribution in [3.05, 3.63) is 42.1 Å². The summed E-state index contributed by atoms with van der Waals surface area (Å²) in [4.78, 5) is 8.72. The third-order valence-electron chi connectivity index (χ3n) is 3.40. The number of rotatable bonds is 5. The van der Waals surface area contributed by atoms with E-state index in [1.54, 1.807) is 7.05 Å². The lowest BCUT2D eigenvalue weighted by Crippen LogP contribution is -2.37. The molecule has 2 aromatic rings. The molecule has 0 spiro atoms. The third-order valence-corrected chi connectivity index (χ3v) is 3.40. The Morgan fingerprint density at radius 3 is 2.68 bits per heavy atom. The molecule has 120 valence electrons. The lowest BCUT2D eigenvalue weighted by Gasteiger charge is -2.13. The van der Waals surface area contributed by atoms with Gasteiger partial charge in [0.15, 0.2) is 5.96 Å². The number of aliphatic imine (C=N–C) groups is 1. The Kier molecular flexibility index (Phi) is 8.16. The van der Waals surface area contributed by atoms with E-state index in [0.717, 1.165) is 31.0 Å². The summed E-state index contributed by atoms with van der Waals surface area (Å²) in [5, 5.41) is 7.85. The van der Waals surface area contributed by atoms with Crippen molar-refractivity contribution in [3.63, 3.8) is 0 Å². The summed E-state index contributed by atoms with van der Waals surface area (Å²) in [6, 6.07) is 10.3. The molecule has 0 unspecified atom stereocenters. The van der Waals surface area contributed by atoms with Crippen LogP contribution in [0.5, 0.6) is 0 Å². The second-order valence-electron chi connectivity index (χ2n) is 5.53. The maximum Gasteiger partial charge on any atom is 0.191 e. The summed E-state index contributed by atoms with van der Waals surface area (Å²) in [5.41, 5.74) is 2.23. The number of nitrogens with zero attached hydrogens (tertiary/aromatic N) is 2. The van der Waals surface area contributed by atoms with Crippen molar-refractivity contribution in [1.29, 1.82) is 0 Å². The number of aromatic nitrogens is 1. The molecule has 0 radical (unpaired) electrons. The van der Waals surface area contributed by atoms with Crippen LogP contribution in [0.3, 0.4) is 0 Å². The van der Waals surface area contributed by atoms with Crippen LogP contribution >= 0.6 is 24.0 Å². The molecule has 0 aliphatic heterocycles. The molecule has 0 atom stereocenters. The van der Waals surface area contributed by atoms with Gasteiger partial charge in [0.25, 0.3) is 0 Å². The predicted molar refractivity (Wildman–Crippen MR) is 105 cm³/mol. The van der Waals surface area contributed by atoms with Gasteiger partial charge < -0.3 is 10.6 Å². The van der Waals surface area contributed by atoms with E-state index < -0.39 is 0 Å². The Hall–Kier alpha value is -1.37. The first-order valence-electron chi connectivity index (χ1n) is 7.48. The Morgan fingerprint density at radius 2 is 1.95 bits per heavy atom. The second-order valence-corrected chi connectivity index (χ2v) is 5.53. The highest BCUT2D eigenvalue weighted by molar-refractivity contribution is 14.0. The Bertz CT molecular complexity index is 605. The van der Waals surface area contributed by atoms with Crippen LogP contribution < -0.4 is 10.6 Å². The molecule has 2 rings (SSSR count). The third kappa shape index (κ3) is 5.44. The Labute approximate surface area is 149 Å². The topological polar surface area (TPSA) is 49.3 Å². The maximum atomic E-state index is 4.47. The number of benzene rings is 1. The summed E-state index contributed by atoms with van der Waals surface area (Å²) in [6.07, 6.45) is 2.97. The van der Waals surface area contributed by atoms with E-state index in [1.165, 1.54) is 10.9 Å². The number of fused-ring (bicyclic) bond motifs is 1. The van der Waals surface area contributed by atoms with Crippen LogP contribution in [-0.4, -0.2) is 24.5 Å². The molecule has 0 bridgehead atoms. The van der Waals surface area contributed by atoms with Crippen LogP contribution in [0.2, 0.25) is 0 Å². The van der Waals surface area contributed by atoms with Crippen LogP contribution in [-0.2, 0) is 6.54 Å². The quantitative estimate of drug-likeness (QED) is 0.449. The smallest absolute Gasteiger partial charge is 0.191 e. The van der Waals surface area contributed by atoms with Gasteiger partial charge in [0.2, 0.25) is 0 Å². The zero-order chi connectivity index (χ0) is 15.1. The normalized spacial score (nSPS) is 11.4. The van der Waals surface area contributed by atoms with Crippen LogP contribution in [0, 0.1) is 5.92 Å². The molecule has 22 heavy (non-hydrogen) atoms. The van der Waals surface area contributed by atoms with E-state index in [0.29, 0.717) is 5.92 Å². The highest BCUT2D eigenvalue weighted by Crippen LogP contribution is 2.15. The SMILES string of the molecule is CN=C(NCCC(C)C)NCc1cccc2cccnc12.I. The van der Waals surface area contributed by atoms with Crippen molar-refractivity contribution in [3.8, 4) is 0 Å². The van der Waals surface area contributed by atoms with Gasteiger partial charge in [-0.2, -0.15) is 0 Å². The van der Waals surface area contributed by atoms with Gasteiger partial charge in [0.1, 0.15) is 0 Å². The van der Waals surface area contributed by atoms with Crippen molar-refractivity contribution in [2.24, 2.45) is 10.9 Å². The van der Waals surface area contributed by atoms with Gasteiger partial charge in [-0.05, 0) is 24.0 Å². The number of guanidine groups is 1. The largest absolute Gasteiger partial charge is 0.356 e. The average Bonchev–Trinajstić information content (AvgIpc) is 2.50. The lowest BCUT2D eigenvalue weighted by atomic mass is 10.1. The summed E-state index contributed by atoms with van der Waals surface area (Å²) in [6.45, 7) is 6.10. The monoisotopic (exact) mass is 412 g/mol. The molecule has 0 amide bonds. The number of nitrogens with one attached hydrogen (secondary N) is 2. The van der Waals surface area contributed by atoms with Crippen LogP contribution in [0.25, 0.3) is 10.9 Å². The number of halogens is 1. The lowest BCUT2D eigenvalue weighted by molar-refractivity contribution is 0.573. The molecule has 1 heterocycles. The van der Waals surface area contributed by atoms with E-state index in [1.807, 2.05) is 12.3 Å². The van der Waals surface area contributed by atoms with Crippen molar-refractivity contribution >= 4 is 40.8 Å². The van der Waals surface area contributed by atoms with E-state index in [9.17, 15) is 0 Å². The van der Waals surface area contributed by atoms with Crippen molar-refractivity contribution in [2.45, 2.75) is 26.8 Å². The fourth-order valence-corrected chi connectivity index (χ4v) is 2.19. The Balaban J connectivity index is 0.00000242. The van der Waals surface area contributed by atoms with E-state index in [2.05, 4.69) is 58.7 Å². The van der Waals surface area contributed by atoms with E-state index in [4.69, 9.17) is 0 Å². The van der Waals surface area contributed by atoms with Crippen LogP contribution in [0.15, 0.2) is 41.5 Å². The van der Waals surface area contributed by atoms with Gasteiger partial charge in [0.05, 0.1) is 5.52 Å². The van der Waals surface area contributed by atoms with Gasteiger partial charge in [-0.3, -0.25) is 9.98 Å². The van der Waals surface area contributed by atoms with E-state index in [-0.39, 0.29) is 24.0 Å². The highest BCUT2D eigenvalue weighted by atomic mass is 127. The standard InChI is InChI=1S/C17H24N4.HI/c1-13(2)9-11-20-17(18-3)21-12-15-7-4-6-14-8-5-10-19-16(14)15;/h4-8,10,13H,9,11-12H2,1-3H3,(H2,18,20,21);1H. The molecule has 0 saturated heterocycles. The van der Waals surface area contributed by atoms with E-state index >= 15 is 0 Å². The number of hydrogen-bond donors (Lipinski definition) is 2. The molecule has 2 N–H and O–H groups in total. The number of pyridine rings is 1. The first-order valence-corrected chi connectivity index (χ1v) is 7.48. The molecule has 0 aliphatic rings. The molecule has 1 aromatic carbocycles. The Morgan fingerprint density at radius 1 is 1.18 bits per heavy atom. The van der Waals surface area contributed by atoms with Gasteiger partial charge in [-0.25, -0.2) is 0 Å². The van der Waals surface area contributed by atoms with Crippen LogP contribution in [0.4, 0.5) is 0 Å². The summed E-state index contributed by atoms with van der Waals surface area (Å²) < 4.78 is 0. The minimum Gasteiger partial charge on any atom is -0.356 e. The summed E-state index contributed by atoms with van der Waals surface area (Å²) >= 11 is 0. The molecule has 1 aromatic heterocycles. The predicted octanol–water partition coefficient (Wildman–Crippen LogP) is 3.56. The molecule has 0 fully saturated rings. The zero-order valence-corrected chi connectivity index (χ0v) is 15.8. The molecule has 4 nitrogen and oxygen atoms in total. The molecule has 5 heteroatoms. The first kappa shape index (κ1) is 18.7. The molecular formula is C17H25IN4. The zero-order valence-electron chi connectivity index (χ0n) is 13.5. The van der Waals surface area contributed by atoms with Gasteiger partial charge in [0, 0.05) is 31.7 Å². The van der Waals surface area contributed by atoms with Crippen molar-refractivity contribution in [1.82, 2.24) is 15.6 Å². The molecule has 0 saturated carbocycles. The molecule has 0 aliphatic carbocycles. The van der Waals surface area contributed by atoms with Crippen molar-refractivity contribution < 1.29 is 0 Å². The van der Waals surface area contributed by atoms with Crippen molar-refractivity contribution in [2.75, 3.05) is 13.6 Å². The minimum absolute atomic E-state index is 0. The van der Waals surface area contributed by atoms with Crippen LogP contribution in [0.1, 0.15) is 25.8 Å². The first-order chi connectivity index (χ1) is 10.2. The molecular weight excluding hydrogens is 387 g/mol.